The minimum atomic E-state index is -3.67. The van der Waals surface area contributed by atoms with Crippen LogP contribution in [0.1, 0.15) is 22.9 Å². The Morgan fingerprint density at radius 1 is 1.42 bits per heavy atom. The van der Waals surface area contributed by atoms with Crippen molar-refractivity contribution in [2.45, 2.75) is 31.8 Å². The zero-order chi connectivity index (χ0) is 14.0. The van der Waals surface area contributed by atoms with Gasteiger partial charge in [-0.05, 0) is 13.8 Å². The van der Waals surface area contributed by atoms with E-state index >= 15 is 0 Å². The number of rotatable bonds is 5. The first-order valence-electron chi connectivity index (χ1n) is 5.72. The van der Waals surface area contributed by atoms with E-state index in [0.29, 0.717) is 22.9 Å². The summed E-state index contributed by atoms with van der Waals surface area (Å²) in [5.74, 6) is 1.40. The number of hydrogen-bond acceptors (Lipinski definition) is 5. The Morgan fingerprint density at radius 2 is 2.16 bits per heavy atom. The van der Waals surface area contributed by atoms with Crippen LogP contribution in [0.4, 0.5) is 0 Å². The third kappa shape index (κ3) is 2.70. The highest BCUT2D eigenvalue weighted by Gasteiger charge is 2.26. The summed E-state index contributed by atoms with van der Waals surface area (Å²) < 4.78 is 32.4. The number of nitrogens with zero attached hydrogens (tertiary/aromatic N) is 1. The summed E-state index contributed by atoms with van der Waals surface area (Å²) in [5.41, 5.74) is 6.09. The summed E-state index contributed by atoms with van der Waals surface area (Å²) in [6, 6.07) is 0. The van der Waals surface area contributed by atoms with E-state index < -0.39 is 10.0 Å². The predicted octanol–water partition coefficient (Wildman–Crippen LogP) is 0.557. The van der Waals surface area contributed by atoms with Crippen molar-refractivity contribution in [3.63, 3.8) is 0 Å². The van der Waals surface area contributed by atoms with Crippen LogP contribution in [0, 0.1) is 13.8 Å². The molecule has 0 aliphatic rings. The Kier molecular flexibility index (Phi) is 3.74. The Labute approximate surface area is 111 Å². The van der Waals surface area contributed by atoms with Gasteiger partial charge in [0.15, 0.2) is 0 Å². The van der Waals surface area contributed by atoms with Gasteiger partial charge in [0.05, 0.1) is 6.54 Å². The van der Waals surface area contributed by atoms with E-state index in [2.05, 4.69) is 14.7 Å². The highest BCUT2D eigenvalue weighted by Crippen LogP contribution is 2.25. The van der Waals surface area contributed by atoms with Crippen LogP contribution in [0.5, 0.6) is 0 Å². The number of imidazole rings is 1. The first-order valence-corrected chi connectivity index (χ1v) is 7.21. The van der Waals surface area contributed by atoms with Gasteiger partial charge in [-0.15, -0.1) is 0 Å². The van der Waals surface area contributed by atoms with Gasteiger partial charge in [-0.25, -0.2) is 18.1 Å². The molecule has 7 nitrogen and oxygen atoms in total. The molecular weight excluding hydrogens is 268 g/mol. The third-order valence-corrected chi connectivity index (χ3v) is 4.38. The number of nitrogens with two attached hydrogens (primary N) is 1. The molecule has 8 heteroatoms. The normalized spacial score (nSPS) is 11.9. The van der Waals surface area contributed by atoms with E-state index in [1.54, 1.807) is 26.2 Å². The van der Waals surface area contributed by atoms with Crippen molar-refractivity contribution < 1.29 is 12.8 Å². The Morgan fingerprint density at radius 3 is 2.74 bits per heavy atom. The largest absolute Gasteiger partial charge is 0.465 e. The summed E-state index contributed by atoms with van der Waals surface area (Å²) in [4.78, 5) is 6.90. The van der Waals surface area contributed by atoms with Crippen molar-refractivity contribution >= 4 is 10.0 Å². The summed E-state index contributed by atoms with van der Waals surface area (Å²) in [7, 11) is -3.67. The topological polar surface area (TPSA) is 114 Å². The van der Waals surface area contributed by atoms with E-state index in [9.17, 15) is 8.42 Å². The Balaban J connectivity index is 2.29. The van der Waals surface area contributed by atoms with E-state index in [0.717, 1.165) is 0 Å². The molecule has 0 amide bonds. The second kappa shape index (κ2) is 5.16. The van der Waals surface area contributed by atoms with Gasteiger partial charge >= 0.3 is 0 Å². The van der Waals surface area contributed by atoms with Crippen LogP contribution in [0.15, 0.2) is 21.7 Å². The molecule has 2 aromatic rings. The summed E-state index contributed by atoms with van der Waals surface area (Å²) in [5, 5.41) is 0. The van der Waals surface area contributed by atoms with E-state index in [1.807, 2.05) is 0 Å². The number of furan rings is 1. The zero-order valence-corrected chi connectivity index (χ0v) is 11.5. The smallest absolute Gasteiger partial charge is 0.244 e. The minimum Gasteiger partial charge on any atom is -0.465 e. The van der Waals surface area contributed by atoms with Crippen LogP contribution in [-0.4, -0.2) is 18.4 Å². The van der Waals surface area contributed by atoms with Gasteiger partial charge in [-0.2, -0.15) is 0 Å². The van der Waals surface area contributed by atoms with Gasteiger partial charge < -0.3 is 15.1 Å². The van der Waals surface area contributed by atoms with Crippen molar-refractivity contribution in [3.8, 4) is 0 Å². The number of aryl methyl sites for hydroxylation is 2. The molecular formula is C11H16N4O3S. The number of H-pyrrole nitrogens is 1. The maximum absolute atomic E-state index is 12.3. The second-order valence-corrected chi connectivity index (χ2v) is 5.79. The lowest BCUT2D eigenvalue weighted by Crippen LogP contribution is -2.25. The summed E-state index contributed by atoms with van der Waals surface area (Å²) >= 11 is 0. The SMILES string of the molecule is Cc1oc(C)c(S(=O)(=O)NCc2ncc[nH]2)c1CN. The lowest BCUT2D eigenvalue weighted by atomic mass is 10.2. The zero-order valence-electron chi connectivity index (χ0n) is 10.7. The molecule has 2 aromatic heterocycles. The van der Waals surface area contributed by atoms with E-state index in [1.165, 1.54) is 0 Å². The van der Waals surface area contributed by atoms with Crippen molar-refractivity contribution in [1.82, 2.24) is 14.7 Å². The number of aromatic amines is 1. The van der Waals surface area contributed by atoms with Gasteiger partial charge in [0.25, 0.3) is 0 Å². The summed E-state index contributed by atoms with van der Waals surface area (Å²) in [6.45, 7) is 3.50. The fourth-order valence-corrected chi connectivity index (χ4v) is 3.37. The van der Waals surface area contributed by atoms with Crippen LogP contribution < -0.4 is 10.5 Å². The second-order valence-electron chi connectivity index (χ2n) is 4.09. The van der Waals surface area contributed by atoms with Gasteiger partial charge in [-0.3, -0.25) is 0 Å². The first kappa shape index (κ1) is 13.8. The summed E-state index contributed by atoms with van der Waals surface area (Å²) in [6.07, 6.45) is 3.18. The highest BCUT2D eigenvalue weighted by atomic mass is 32.2. The van der Waals surface area contributed by atoms with Crippen molar-refractivity contribution in [2.75, 3.05) is 0 Å². The molecule has 0 aromatic carbocycles. The fraction of sp³-hybridized carbons (Fsp3) is 0.364. The van der Waals surface area contributed by atoms with Gasteiger partial charge in [0.1, 0.15) is 22.2 Å². The molecule has 4 N–H and O–H groups in total. The van der Waals surface area contributed by atoms with Crippen LogP contribution in [0.25, 0.3) is 0 Å². The molecule has 2 rings (SSSR count). The maximum Gasteiger partial charge on any atom is 0.244 e. The first-order chi connectivity index (χ1) is 8.95. The van der Waals surface area contributed by atoms with Crippen molar-refractivity contribution in [3.05, 3.63) is 35.3 Å². The maximum atomic E-state index is 12.3. The van der Waals surface area contributed by atoms with Crippen LogP contribution in [-0.2, 0) is 23.1 Å². The van der Waals surface area contributed by atoms with Gasteiger partial charge in [0, 0.05) is 24.5 Å². The van der Waals surface area contributed by atoms with Crippen molar-refractivity contribution in [2.24, 2.45) is 5.73 Å². The highest BCUT2D eigenvalue weighted by molar-refractivity contribution is 7.89. The van der Waals surface area contributed by atoms with Crippen molar-refractivity contribution in [1.29, 1.82) is 0 Å². The molecule has 0 spiro atoms. The molecule has 0 saturated carbocycles. The number of nitrogens with one attached hydrogen (secondary N) is 2. The van der Waals surface area contributed by atoms with Crippen LogP contribution in [0.3, 0.4) is 0 Å². The molecule has 0 aliphatic carbocycles. The number of sulfonamides is 1. The number of aromatic nitrogens is 2. The van der Waals surface area contributed by atoms with E-state index in [-0.39, 0.29) is 18.0 Å². The average molecular weight is 284 g/mol. The van der Waals surface area contributed by atoms with Gasteiger partial charge in [0.2, 0.25) is 10.0 Å². The molecule has 19 heavy (non-hydrogen) atoms. The number of hydrogen-bond donors (Lipinski definition) is 3. The third-order valence-electron chi connectivity index (χ3n) is 2.78. The van der Waals surface area contributed by atoms with Gasteiger partial charge in [-0.1, -0.05) is 0 Å². The lowest BCUT2D eigenvalue weighted by molar-refractivity contribution is 0.494. The molecule has 0 aliphatic heterocycles. The molecule has 0 unspecified atom stereocenters. The monoisotopic (exact) mass is 284 g/mol. The molecule has 0 saturated heterocycles. The Bertz CT molecular complexity index is 658. The van der Waals surface area contributed by atoms with E-state index in [4.69, 9.17) is 10.2 Å². The quantitative estimate of drug-likeness (QED) is 0.742. The molecule has 0 radical (unpaired) electrons. The molecule has 0 bridgehead atoms. The van der Waals surface area contributed by atoms with Crippen LogP contribution in [0.2, 0.25) is 0 Å². The molecule has 2 heterocycles. The lowest BCUT2D eigenvalue weighted by Gasteiger charge is -2.06. The fourth-order valence-electron chi connectivity index (χ4n) is 1.93. The average Bonchev–Trinajstić information content (AvgIpc) is 2.94. The Hall–Kier alpha value is -1.64. The molecule has 0 fully saturated rings. The predicted molar refractivity (Wildman–Crippen MR) is 68.7 cm³/mol. The van der Waals surface area contributed by atoms with Crippen LogP contribution >= 0.6 is 0 Å². The molecule has 0 atom stereocenters. The standard InChI is InChI=1S/C11H16N4O3S/c1-7-9(5-12)11(8(2)18-7)19(16,17)15-6-10-13-3-4-14-10/h3-4,15H,5-6,12H2,1-2H3,(H,13,14). The minimum absolute atomic E-state index is 0.0863. The molecule has 104 valence electrons.